The smallest absolute Gasteiger partial charge is 0.395 e. The number of tetrazole rings is 1. The Morgan fingerprint density at radius 1 is 1.07 bits per heavy atom. The largest absolute Gasteiger partial charge is 0.433 e. The third-order valence-electron chi connectivity index (χ3n) is 3.73. The van der Waals surface area contributed by atoms with Crippen LogP contribution in [0.3, 0.4) is 0 Å². The van der Waals surface area contributed by atoms with Crippen molar-refractivity contribution in [2.24, 2.45) is 4.99 Å². The van der Waals surface area contributed by atoms with Crippen molar-refractivity contribution in [3.63, 3.8) is 0 Å². The molecular formula is C15H13N7O8. The van der Waals surface area contributed by atoms with Crippen LogP contribution < -0.4 is 5.62 Å². The van der Waals surface area contributed by atoms with Gasteiger partial charge in [0.1, 0.15) is 9.85 Å². The predicted octanol–water partition coefficient (Wildman–Crippen LogP) is 1.31. The van der Waals surface area contributed by atoms with Gasteiger partial charge in [-0.1, -0.05) is 18.4 Å². The molecule has 0 aliphatic rings. The molecule has 156 valence electrons. The first-order valence-corrected chi connectivity index (χ1v) is 8.46. The first-order chi connectivity index (χ1) is 14.3. The van der Waals surface area contributed by atoms with Crippen molar-refractivity contribution in [2.45, 2.75) is 26.3 Å². The molecule has 0 spiro atoms. The maximum absolute atomic E-state index is 12.8. The maximum atomic E-state index is 12.8. The highest BCUT2D eigenvalue weighted by Crippen LogP contribution is 2.17. The van der Waals surface area contributed by atoms with Gasteiger partial charge in [-0.25, -0.2) is 0 Å². The minimum atomic E-state index is -1.04. The van der Waals surface area contributed by atoms with Gasteiger partial charge in [-0.3, -0.25) is 29.8 Å². The number of aryl methyl sites for hydroxylation is 1. The lowest BCUT2D eigenvalue weighted by atomic mass is 10.3. The van der Waals surface area contributed by atoms with Gasteiger partial charge < -0.3 is 8.83 Å². The molecule has 15 heteroatoms. The Kier molecular flexibility index (Phi) is 5.61. The Balaban J connectivity index is 2.03. The molecule has 30 heavy (non-hydrogen) atoms. The molecule has 3 aromatic heterocycles. The lowest BCUT2D eigenvalue weighted by Crippen LogP contribution is -2.32. The first-order valence-electron chi connectivity index (χ1n) is 8.46. The summed E-state index contributed by atoms with van der Waals surface area (Å²) >= 11 is 0. The summed E-state index contributed by atoms with van der Waals surface area (Å²) in [5.74, 6) is -4.10. The van der Waals surface area contributed by atoms with Crippen molar-refractivity contribution in [2.75, 3.05) is 0 Å². The van der Waals surface area contributed by atoms with E-state index in [-0.39, 0.29) is 6.54 Å². The molecular weight excluding hydrogens is 406 g/mol. The molecule has 1 amide bonds. The van der Waals surface area contributed by atoms with Gasteiger partial charge >= 0.3 is 23.6 Å². The van der Waals surface area contributed by atoms with Crippen LogP contribution in [0, 0.1) is 20.2 Å². The van der Waals surface area contributed by atoms with Gasteiger partial charge in [-0.2, -0.15) is 14.5 Å². The second-order valence-corrected chi connectivity index (χ2v) is 5.76. The number of aromatic nitrogens is 4. The van der Waals surface area contributed by atoms with Crippen molar-refractivity contribution < 1.29 is 28.3 Å². The van der Waals surface area contributed by atoms with Crippen LogP contribution >= 0.6 is 0 Å². The summed E-state index contributed by atoms with van der Waals surface area (Å²) in [7, 11) is 0. The van der Waals surface area contributed by atoms with E-state index in [1.165, 1.54) is 0 Å². The standard InChI is InChI=1S/C15H13N7O8/c1-2-3-8-19-18-17-15(16-13(23)9-4-6-11(29-9)21(25)26)20(19)14(24)10-5-7-12(30-10)22(27)28/h4-7H,2-3,8H2,1H3. The van der Waals surface area contributed by atoms with Gasteiger partial charge in [0.2, 0.25) is 11.5 Å². The van der Waals surface area contributed by atoms with E-state index in [2.05, 4.69) is 15.3 Å². The minimum absolute atomic E-state index is 0.230. The Morgan fingerprint density at radius 3 is 2.23 bits per heavy atom. The molecule has 3 rings (SSSR count). The molecule has 0 N–H and O–H groups in total. The second-order valence-electron chi connectivity index (χ2n) is 5.76. The van der Waals surface area contributed by atoms with Gasteiger partial charge in [0.05, 0.1) is 18.7 Å². The third kappa shape index (κ3) is 4.03. The van der Waals surface area contributed by atoms with Crippen LogP contribution in [0.2, 0.25) is 0 Å². The molecule has 0 fully saturated rings. The van der Waals surface area contributed by atoms with Crippen molar-refractivity contribution >= 4 is 23.6 Å². The monoisotopic (exact) mass is 419 g/mol. The quantitative estimate of drug-likeness (QED) is 0.306. The van der Waals surface area contributed by atoms with Gasteiger partial charge in [0.15, 0.2) is 0 Å². The Labute approximate surface area is 165 Å². The van der Waals surface area contributed by atoms with E-state index >= 15 is 0 Å². The molecule has 0 aliphatic heterocycles. The summed E-state index contributed by atoms with van der Waals surface area (Å²) in [5, 5.41) is 28.9. The molecule has 0 atom stereocenters. The number of nitro groups is 2. The zero-order valence-corrected chi connectivity index (χ0v) is 15.3. The van der Waals surface area contributed by atoms with Crippen molar-refractivity contribution in [3.8, 4) is 0 Å². The van der Waals surface area contributed by atoms with Crippen LogP contribution in [0.1, 0.15) is 40.9 Å². The predicted molar refractivity (Wildman–Crippen MR) is 93.3 cm³/mol. The molecule has 0 unspecified atom stereocenters. The number of hydrogen-bond donors (Lipinski definition) is 0. The summed E-state index contributed by atoms with van der Waals surface area (Å²) in [6.45, 7) is 2.13. The van der Waals surface area contributed by atoms with Gasteiger partial charge in [0, 0.05) is 0 Å². The lowest BCUT2D eigenvalue weighted by Gasteiger charge is -2.05. The van der Waals surface area contributed by atoms with Crippen LogP contribution in [-0.2, 0) is 6.54 Å². The number of rotatable bonds is 7. The molecule has 0 saturated carbocycles. The number of carbonyl (C=O) groups is 2. The topological polar surface area (TPSA) is 195 Å². The fraction of sp³-hybridized carbons (Fsp3) is 0.267. The molecule has 0 bridgehead atoms. The Morgan fingerprint density at radius 2 is 1.67 bits per heavy atom. The highest BCUT2D eigenvalue weighted by molar-refractivity contribution is 5.94. The summed E-state index contributed by atoms with van der Waals surface area (Å²) < 4.78 is 10.5. The number of hydrogen-bond acceptors (Lipinski definition) is 10. The zero-order valence-electron chi connectivity index (χ0n) is 15.3. The minimum Gasteiger partial charge on any atom is -0.395 e. The summed E-state index contributed by atoms with van der Waals surface area (Å²) in [6, 6.07) is 4.11. The number of unbranched alkanes of at least 4 members (excludes halogenated alkanes) is 1. The van der Waals surface area contributed by atoms with Gasteiger partial charge in [-0.05, 0) is 23.8 Å². The summed E-state index contributed by atoms with van der Waals surface area (Å²) in [5.41, 5.74) is -0.459. The normalized spacial score (nSPS) is 11.6. The van der Waals surface area contributed by atoms with Crippen molar-refractivity contribution in [3.05, 3.63) is 61.6 Å². The van der Waals surface area contributed by atoms with E-state index in [1.807, 2.05) is 6.92 Å². The highest BCUT2D eigenvalue weighted by atomic mass is 16.7. The van der Waals surface area contributed by atoms with Gasteiger partial charge in [-0.15, -0.1) is 0 Å². The molecule has 0 saturated heterocycles. The average molecular weight is 419 g/mol. The maximum Gasteiger partial charge on any atom is 0.433 e. The van der Waals surface area contributed by atoms with Crippen LogP contribution in [0.15, 0.2) is 38.1 Å². The third-order valence-corrected chi connectivity index (χ3v) is 3.73. The van der Waals surface area contributed by atoms with Crippen LogP contribution in [0.5, 0.6) is 0 Å². The first kappa shape index (κ1) is 20.3. The fourth-order valence-electron chi connectivity index (χ4n) is 2.32. The van der Waals surface area contributed by atoms with E-state index in [1.54, 1.807) is 0 Å². The Bertz CT molecular complexity index is 1200. The van der Waals surface area contributed by atoms with Crippen molar-refractivity contribution in [1.29, 1.82) is 0 Å². The number of nitrogens with zero attached hydrogens (tertiary/aromatic N) is 7. The Hall–Kier alpha value is -4.43. The average Bonchev–Trinajstić information content (AvgIpc) is 3.44. The molecule has 0 radical (unpaired) electrons. The number of carbonyl (C=O) groups excluding carboxylic acids is 2. The zero-order chi connectivity index (χ0) is 21.8. The van der Waals surface area contributed by atoms with E-state index < -0.39 is 50.6 Å². The van der Waals surface area contributed by atoms with Crippen LogP contribution in [-0.4, -0.2) is 41.5 Å². The summed E-state index contributed by atoms with van der Waals surface area (Å²) in [6.07, 6.45) is 1.36. The van der Waals surface area contributed by atoms with Crippen LogP contribution in [0.25, 0.3) is 0 Å². The van der Waals surface area contributed by atoms with E-state index in [9.17, 15) is 29.8 Å². The molecule has 15 nitrogen and oxygen atoms in total. The van der Waals surface area contributed by atoms with E-state index in [0.717, 1.165) is 40.2 Å². The van der Waals surface area contributed by atoms with Crippen LogP contribution in [0.4, 0.5) is 11.8 Å². The van der Waals surface area contributed by atoms with Crippen molar-refractivity contribution in [1.82, 2.24) is 19.8 Å². The lowest BCUT2D eigenvalue weighted by molar-refractivity contribution is -0.402. The van der Waals surface area contributed by atoms with E-state index in [0.29, 0.717) is 6.42 Å². The molecule has 3 heterocycles. The molecule has 0 aromatic carbocycles. The summed E-state index contributed by atoms with van der Waals surface area (Å²) in [4.78, 5) is 49.7. The second kappa shape index (κ2) is 8.29. The molecule has 3 aromatic rings. The fourth-order valence-corrected chi connectivity index (χ4v) is 2.32. The number of furan rings is 2. The van der Waals surface area contributed by atoms with E-state index in [4.69, 9.17) is 8.83 Å². The number of amides is 1. The van der Waals surface area contributed by atoms with Gasteiger partial charge in [0.25, 0.3) is 5.62 Å². The highest BCUT2D eigenvalue weighted by Gasteiger charge is 2.24. The SMILES string of the molecule is CCCCn1nnc(=NC(=O)c2ccc([N+](=O)[O-])o2)n1C(=O)c1ccc([N+](=O)[O-])o1. The molecule has 0 aliphatic carbocycles.